The predicted molar refractivity (Wildman–Crippen MR) is 97.0 cm³/mol. The molecule has 0 radical (unpaired) electrons. The third-order valence-electron chi connectivity index (χ3n) is 4.35. The zero-order valence-corrected chi connectivity index (χ0v) is 14.4. The van der Waals surface area contributed by atoms with E-state index in [9.17, 15) is 4.79 Å². The van der Waals surface area contributed by atoms with Crippen LogP contribution in [0.2, 0.25) is 0 Å². The Balaban J connectivity index is 1.63. The van der Waals surface area contributed by atoms with Crippen LogP contribution in [0, 0.1) is 0 Å². The molecule has 1 N–H and O–H groups in total. The van der Waals surface area contributed by atoms with Crippen LogP contribution in [0.25, 0.3) is 0 Å². The van der Waals surface area contributed by atoms with Crippen LogP contribution in [-0.4, -0.2) is 48.1 Å². The van der Waals surface area contributed by atoms with Crippen molar-refractivity contribution < 1.29 is 9.53 Å². The molecule has 1 aliphatic rings. The van der Waals surface area contributed by atoms with Crippen LogP contribution in [0.5, 0.6) is 0 Å². The van der Waals surface area contributed by atoms with Crippen molar-refractivity contribution in [3.8, 4) is 0 Å². The van der Waals surface area contributed by atoms with Crippen molar-refractivity contribution in [3.05, 3.63) is 66.0 Å². The number of carbonyl (C=O) groups is 1. The van der Waals surface area contributed by atoms with Crippen LogP contribution in [0.15, 0.2) is 54.7 Å². The number of aromatic nitrogens is 1. The standard InChI is InChI=1S/C20H25N3O2/c24-20(14-19-15-21-11-13-25-19)23(16-18-8-4-5-10-22-18)12-9-17-6-2-1-3-7-17/h1-8,10,19,21H,9,11-16H2. The first-order valence-corrected chi connectivity index (χ1v) is 8.85. The van der Waals surface area contributed by atoms with E-state index in [2.05, 4.69) is 22.4 Å². The van der Waals surface area contributed by atoms with Crippen molar-refractivity contribution in [2.45, 2.75) is 25.5 Å². The maximum atomic E-state index is 12.8. The minimum absolute atomic E-state index is 0.0378. The molecule has 25 heavy (non-hydrogen) atoms. The second-order valence-corrected chi connectivity index (χ2v) is 6.27. The Hall–Kier alpha value is -2.24. The van der Waals surface area contributed by atoms with E-state index >= 15 is 0 Å². The van der Waals surface area contributed by atoms with Gasteiger partial charge in [0.2, 0.25) is 5.91 Å². The van der Waals surface area contributed by atoms with Crippen molar-refractivity contribution in [1.82, 2.24) is 15.2 Å². The summed E-state index contributed by atoms with van der Waals surface area (Å²) < 4.78 is 5.69. The number of nitrogens with zero attached hydrogens (tertiary/aromatic N) is 2. The number of hydrogen-bond acceptors (Lipinski definition) is 4. The van der Waals surface area contributed by atoms with Gasteiger partial charge in [-0.05, 0) is 24.1 Å². The molecule has 1 atom stereocenters. The molecular formula is C20H25N3O2. The number of hydrogen-bond donors (Lipinski definition) is 1. The summed E-state index contributed by atoms with van der Waals surface area (Å²) in [6.45, 7) is 3.48. The van der Waals surface area contributed by atoms with Crippen molar-refractivity contribution in [2.24, 2.45) is 0 Å². The SMILES string of the molecule is O=C(CC1CNCCO1)N(CCc1ccccc1)Cc1ccccn1. The van der Waals surface area contributed by atoms with Gasteiger partial charge in [-0.3, -0.25) is 9.78 Å². The summed E-state index contributed by atoms with van der Waals surface area (Å²) in [6.07, 6.45) is 2.98. The Morgan fingerprint density at radius 1 is 1.20 bits per heavy atom. The molecule has 1 amide bonds. The van der Waals surface area contributed by atoms with E-state index in [0.717, 1.165) is 25.2 Å². The molecule has 0 aliphatic carbocycles. The van der Waals surface area contributed by atoms with Crippen molar-refractivity contribution in [3.63, 3.8) is 0 Å². The molecule has 0 spiro atoms. The van der Waals surface area contributed by atoms with E-state index in [1.54, 1.807) is 6.20 Å². The highest BCUT2D eigenvalue weighted by molar-refractivity contribution is 5.76. The van der Waals surface area contributed by atoms with Gasteiger partial charge in [-0.2, -0.15) is 0 Å². The first-order valence-electron chi connectivity index (χ1n) is 8.85. The molecule has 1 aromatic heterocycles. The quantitative estimate of drug-likeness (QED) is 0.839. The maximum Gasteiger partial charge on any atom is 0.225 e. The van der Waals surface area contributed by atoms with Crippen LogP contribution < -0.4 is 5.32 Å². The molecular weight excluding hydrogens is 314 g/mol. The summed E-state index contributed by atoms with van der Waals surface area (Å²) in [7, 11) is 0. The van der Waals surface area contributed by atoms with Crippen LogP contribution in [0.1, 0.15) is 17.7 Å². The fourth-order valence-corrected chi connectivity index (χ4v) is 2.96. The lowest BCUT2D eigenvalue weighted by atomic mass is 10.1. The third-order valence-corrected chi connectivity index (χ3v) is 4.35. The summed E-state index contributed by atoms with van der Waals surface area (Å²) in [5.74, 6) is 0.121. The highest BCUT2D eigenvalue weighted by Gasteiger charge is 2.22. The molecule has 5 heteroatoms. The van der Waals surface area contributed by atoms with E-state index in [1.807, 2.05) is 41.3 Å². The summed E-state index contributed by atoms with van der Waals surface area (Å²) in [5, 5.41) is 3.28. The number of nitrogens with one attached hydrogen (secondary N) is 1. The summed E-state index contributed by atoms with van der Waals surface area (Å²) in [6, 6.07) is 16.1. The fraction of sp³-hybridized carbons (Fsp3) is 0.400. The highest BCUT2D eigenvalue weighted by atomic mass is 16.5. The molecule has 0 bridgehead atoms. The van der Waals surface area contributed by atoms with E-state index in [4.69, 9.17) is 4.74 Å². The van der Waals surface area contributed by atoms with Gasteiger partial charge in [-0.15, -0.1) is 0 Å². The molecule has 1 aromatic carbocycles. The van der Waals surface area contributed by atoms with Gasteiger partial charge in [0.1, 0.15) is 0 Å². The van der Waals surface area contributed by atoms with Crippen molar-refractivity contribution >= 4 is 5.91 Å². The molecule has 1 unspecified atom stereocenters. The molecule has 1 saturated heterocycles. The maximum absolute atomic E-state index is 12.8. The van der Waals surface area contributed by atoms with Crippen molar-refractivity contribution in [1.29, 1.82) is 0 Å². The zero-order valence-electron chi connectivity index (χ0n) is 14.4. The highest BCUT2D eigenvalue weighted by Crippen LogP contribution is 2.10. The number of ether oxygens (including phenoxy) is 1. The van der Waals surface area contributed by atoms with Crippen LogP contribution in [0.3, 0.4) is 0 Å². The van der Waals surface area contributed by atoms with E-state index in [0.29, 0.717) is 26.1 Å². The molecule has 1 aliphatic heterocycles. The lowest BCUT2D eigenvalue weighted by molar-refractivity contribution is -0.135. The average molecular weight is 339 g/mol. The first-order chi connectivity index (χ1) is 12.3. The Bertz CT molecular complexity index is 643. The van der Waals surface area contributed by atoms with Gasteiger partial charge in [0.15, 0.2) is 0 Å². The molecule has 1 fully saturated rings. The number of morpholine rings is 1. The summed E-state index contributed by atoms with van der Waals surface area (Å²) >= 11 is 0. The lowest BCUT2D eigenvalue weighted by Gasteiger charge is -2.27. The van der Waals surface area contributed by atoms with Gasteiger partial charge >= 0.3 is 0 Å². The second kappa shape index (κ2) is 9.30. The van der Waals surface area contributed by atoms with Crippen LogP contribution >= 0.6 is 0 Å². The number of benzene rings is 1. The summed E-state index contributed by atoms with van der Waals surface area (Å²) in [5.41, 5.74) is 2.14. The second-order valence-electron chi connectivity index (χ2n) is 6.27. The number of amides is 1. The molecule has 132 valence electrons. The van der Waals surface area contributed by atoms with Gasteiger partial charge < -0.3 is 15.0 Å². The first kappa shape index (κ1) is 17.6. The lowest BCUT2D eigenvalue weighted by Crippen LogP contribution is -2.42. The van der Waals surface area contributed by atoms with Gasteiger partial charge in [-0.25, -0.2) is 0 Å². The van der Waals surface area contributed by atoms with E-state index in [1.165, 1.54) is 5.56 Å². The molecule has 2 aromatic rings. The average Bonchev–Trinajstić information content (AvgIpc) is 2.67. The third kappa shape index (κ3) is 5.66. The minimum Gasteiger partial charge on any atom is -0.375 e. The Morgan fingerprint density at radius 2 is 2.04 bits per heavy atom. The fourth-order valence-electron chi connectivity index (χ4n) is 2.96. The summed E-state index contributed by atoms with van der Waals surface area (Å²) in [4.78, 5) is 19.1. The largest absolute Gasteiger partial charge is 0.375 e. The number of carbonyl (C=O) groups excluding carboxylic acids is 1. The zero-order chi connectivity index (χ0) is 17.3. The van der Waals surface area contributed by atoms with E-state index < -0.39 is 0 Å². The van der Waals surface area contributed by atoms with Crippen LogP contribution in [-0.2, 0) is 22.5 Å². The Labute approximate surface area is 149 Å². The minimum atomic E-state index is -0.0378. The van der Waals surface area contributed by atoms with Crippen molar-refractivity contribution in [2.75, 3.05) is 26.2 Å². The smallest absolute Gasteiger partial charge is 0.225 e. The molecule has 3 rings (SSSR count). The van der Waals surface area contributed by atoms with Crippen LogP contribution in [0.4, 0.5) is 0 Å². The predicted octanol–water partition coefficient (Wildman–Crippen LogP) is 2.03. The number of rotatable bonds is 7. The van der Waals surface area contributed by atoms with Gasteiger partial charge in [0.05, 0.1) is 31.4 Å². The Morgan fingerprint density at radius 3 is 2.76 bits per heavy atom. The Kier molecular flexibility index (Phi) is 6.54. The number of pyridine rings is 1. The molecule has 5 nitrogen and oxygen atoms in total. The van der Waals surface area contributed by atoms with Gasteiger partial charge in [0.25, 0.3) is 0 Å². The monoisotopic (exact) mass is 339 g/mol. The van der Waals surface area contributed by atoms with Gasteiger partial charge in [-0.1, -0.05) is 36.4 Å². The molecule has 0 saturated carbocycles. The van der Waals surface area contributed by atoms with Gasteiger partial charge in [0, 0.05) is 25.8 Å². The molecule has 2 heterocycles. The normalized spacial score (nSPS) is 17.2. The van der Waals surface area contributed by atoms with E-state index in [-0.39, 0.29) is 12.0 Å². The topological polar surface area (TPSA) is 54.5 Å².